The summed E-state index contributed by atoms with van der Waals surface area (Å²) < 4.78 is 28.5. The molecule has 3 amide bonds. The van der Waals surface area contributed by atoms with Gasteiger partial charge in [-0.05, 0) is 65.0 Å². The van der Waals surface area contributed by atoms with Crippen molar-refractivity contribution in [3.05, 3.63) is 0 Å². The van der Waals surface area contributed by atoms with Crippen molar-refractivity contribution in [3.8, 4) is 0 Å². The highest BCUT2D eigenvalue weighted by atomic mass is 32.2. The van der Waals surface area contributed by atoms with Crippen molar-refractivity contribution < 1.29 is 22.8 Å². The first-order valence-corrected chi connectivity index (χ1v) is 12.5. The Morgan fingerprint density at radius 1 is 1.17 bits per heavy atom. The molecule has 0 aromatic rings. The molecule has 4 rings (SSSR count). The number of ketones is 1. The molecule has 2 N–H and O–H groups in total. The van der Waals surface area contributed by atoms with Crippen LogP contribution in [0.2, 0.25) is 0 Å². The summed E-state index contributed by atoms with van der Waals surface area (Å²) in [6.07, 6.45) is 4.15. The van der Waals surface area contributed by atoms with Crippen molar-refractivity contribution in [1.82, 2.24) is 19.8 Å². The Balaban J connectivity index is 1.47. The van der Waals surface area contributed by atoms with Gasteiger partial charge in [0.05, 0.1) is 17.7 Å². The monoisotopic (exact) mass is 440 g/mol. The molecule has 30 heavy (non-hydrogen) atoms. The zero-order valence-electron chi connectivity index (χ0n) is 17.7. The van der Waals surface area contributed by atoms with Crippen LogP contribution < -0.4 is 10.0 Å². The van der Waals surface area contributed by atoms with Crippen molar-refractivity contribution >= 4 is 27.7 Å². The summed E-state index contributed by atoms with van der Waals surface area (Å²) in [5, 5.41) is 2.55. The van der Waals surface area contributed by atoms with Crippen LogP contribution in [0.5, 0.6) is 0 Å². The van der Waals surface area contributed by atoms with Crippen LogP contribution in [0.1, 0.15) is 51.9 Å². The van der Waals surface area contributed by atoms with Gasteiger partial charge in [-0.15, -0.1) is 0 Å². The fourth-order valence-electron chi connectivity index (χ4n) is 5.04. The zero-order valence-corrected chi connectivity index (χ0v) is 18.5. The van der Waals surface area contributed by atoms with Gasteiger partial charge < -0.3 is 10.2 Å². The number of urea groups is 1. The average Bonchev–Trinajstić information content (AvgIpc) is 3.45. The summed E-state index contributed by atoms with van der Waals surface area (Å²) in [4.78, 5) is 41.3. The summed E-state index contributed by atoms with van der Waals surface area (Å²) in [7, 11) is -1.89. The molecule has 2 aliphatic carbocycles. The van der Waals surface area contributed by atoms with Gasteiger partial charge in [0, 0.05) is 24.5 Å². The summed E-state index contributed by atoms with van der Waals surface area (Å²) >= 11 is 0. The van der Waals surface area contributed by atoms with Gasteiger partial charge >= 0.3 is 6.03 Å². The van der Waals surface area contributed by atoms with E-state index in [1.54, 1.807) is 7.05 Å². The Labute approximate surface area is 178 Å². The van der Waals surface area contributed by atoms with Gasteiger partial charge in [-0.2, -0.15) is 0 Å². The molecule has 10 heteroatoms. The van der Waals surface area contributed by atoms with Crippen LogP contribution in [0.25, 0.3) is 0 Å². The molecule has 3 unspecified atom stereocenters. The molecule has 9 nitrogen and oxygen atoms in total. The highest BCUT2D eigenvalue weighted by Crippen LogP contribution is 2.39. The molecule has 0 aromatic heterocycles. The van der Waals surface area contributed by atoms with Crippen molar-refractivity contribution in [2.45, 2.75) is 68.7 Å². The number of piperidine rings is 1. The number of carbonyl (C=O) groups excluding carboxylic acids is 3. The lowest BCUT2D eigenvalue weighted by molar-refractivity contribution is -0.143. The molecule has 2 saturated heterocycles. The van der Waals surface area contributed by atoms with Crippen LogP contribution in [-0.4, -0.2) is 79.5 Å². The van der Waals surface area contributed by atoms with E-state index in [0.29, 0.717) is 25.7 Å². The van der Waals surface area contributed by atoms with Crippen LogP contribution in [0, 0.1) is 11.8 Å². The van der Waals surface area contributed by atoms with E-state index in [1.807, 2.05) is 6.92 Å². The Hall–Kier alpha value is -1.52. The molecule has 168 valence electrons. The number of hydrogen-bond donors (Lipinski definition) is 2. The zero-order chi connectivity index (χ0) is 21.7. The summed E-state index contributed by atoms with van der Waals surface area (Å²) in [5.41, 5.74) is -0.355. The standard InChI is InChI=1S/C20H32N4O5S/c1-20(7-8-20)22-30(28,29)14-3-4-16-15(11-14)18(26)24(19(27)23(16)2)12-17(25)13-5-9-21-10-6-13/h13-16,21-22H,3-12H2,1-2H3. The van der Waals surface area contributed by atoms with E-state index >= 15 is 0 Å². The number of nitrogens with one attached hydrogen (secondary N) is 2. The number of sulfonamides is 1. The number of rotatable bonds is 6. The number of fused-ring (bicyclic) bond motifs is 1. The first kappa shape index (κ1) is 21.7. The molecule has 2 aliphatic heterocycles. The third-order valence-electron chi connectivity index (χ3n) is 7.31. The topological polar surface area (TPSA) is 116 Å². The molecular weight excluding hydrogens is 408 g/mol. The van der Waals surface area contributed by atoms with E-state index in [9.17, 15) is 22.8 Å². The van der Waals surface area contributed by atoms with Crippen LogP contribution in [0.3, 0.4) is 0 Å². The van der Waals surface area contributed by atoms with Crippen LogP contribution >= 0.6 is 0 Å². The van der Waals surface area contributed by atoms with Crippen LogP contribution in [0.4, 0.5) is 4.79 Å². The number of hydrogen-bond acceptors (Lipinski definition) is 6. The molecular formula is C20H32N4O5S. The first-order chi connectivity index (χ1) is 14.1. The third kappa shape index (κ3) is 4.13. The fourth-order valence-corrected chi connectivity index (χ4v) is 7.01. The Morgan fingerprint density at radius 2 is 1.83 bits per heavy atom. The van der Waals surface area contributed by atoms with Crippen LogP contribution in [-0.2, 0) is 19.6 Å². The minimum Gasteiger partial charge on any atom is -0.324 e. The number of nitrogens with zero attached hydrogens (tertiary/aromatic N) is 2. The summed E-state index contributed by atoms with van der Waals surface area (Å²) in [6.45, 7) is 3.19. The minimum absolute atomic E-state index is 0.0895. The molecule has 4 fully saturated rings. The predicted molar refractivity (Wildman–Crippen MR) is 110 cm³/mol. The molecule has 0 bridgehead atoms. The smallest absolute Gasteiger partial charge is 0.324 e. The fraction of sp³-hybridized carbons (Fsp3) is 0.850. The molecule has 2 saturated carbocycles. The van der Waals surface area contributed by atoms with E-state index in [4.69, 9.17) is 0 Å². The normalized spacial score (nSPS) is 32.1. The summed E-state index contributed by atoms with van der Waals surface area (Å²) in [6, 6.07) is -0.758. The molecule has 0 radical (unpaired) electrons. The van der Waals surface area contributed by atoms with E-state index in [2.05, 4.69) is 10.0 Å². The van der Waals surface area contributed by atoms with Crippen molar-refractivity contribution in [3.63, 3.8) is 0 Å². The summed E-state index contributed by atoms with van der Waals surface area (Å²) in [5.74, 6) is -1.22. The van der Waals surface area contributed by atoms with Gasteiger partial charge in [0.1, 0.15) is 0 Å². The van der Waals surface area contributed by atoms with Gasteiger partial charge in [-0.25, -0.2) is 17.9 Å². The van der Waals surface area contributed by atoms with Gasteiger partial charge in [0.15, 0.2) is 5.78 Å². The highest BCUT2D eigenvalue weighted by molar-refractivity contribution is 7.90. The predicted octanol–water partition coefficient (Wildman–Crippen LogP) is 0.458. The number of Topliss-reactive ketones (excluding diaryl/α,β-unsaturated/α-hetero) is 1. The maximum atomic E-state index is 13.2. The van der Waals surface area contributed by atoms with Crippen molar-refractivity contribution in [1.29, 1.82) is 0 Å². The number of amides is 3. The lowest BCUT2D eigenvalue weighted by Gasteiger charge is -2.46. The van der Waals surface area contributed by atoms with E-state index < -0.39 is 33.1 Å². The van der Waals surface area contributed by atoms with E-state index in [0.717, 1.165) is 30.8 Å². The lowest BCUT2D eigenvalue weighted by Crippen LogP contribution is -2.64. The van der Waals surface area contributed by atoms with Crippen molar-refractivity contribution in [2.24, 2.45) is 11.8 Å². The second kappa shape index (κ2) is 7.87. The molecule has 0 aromatic carbocycles. The Kier molecular flexibility index (Phi) is 5.69. The number of carbonyl (C=O) groups is 3. The number of imide groups is 1. The Morgan fingerprint density at radius 3 is 2.47 bits per heavy atom. The Bertz CT molecular complexity index is 834. The van der Waals surface area contributed by atoms with E-state index in [1.165, 1.54) is 4.90 Å². The maximum absolute atomic E-state index is 13.2. The van der Waals surface area contributed by atoms with E-state index in [-0.39, 0.29) is 36.2 Å². The molecule has 0 spiro atoms. The second-order valence-electron chi connectivity index (χ2n) is 9.63. The minimum atomic E-state index is -3.54. The van der Waals surface area contributed by atoms with Crippen LogP contribution in [0.15, 0.2) is 0 Å². The van der Waals surface area contributed by atoms with Crippen molar-refractivity contribution in [2.75, 3.05) is 26.7 Å². The second-order valence-corrected chi connectivity index (χ2v) is 11.6. The first-order valence-electron chi connectivity index (χ1n) is 11.0. The SMILES string of the molecule is CN1C(=O)N(CC(=O)C2CCNCC2)C(=O)C2CC(S(=O)(=O)NC3(C)CC3)CCC21. The quantitative estimate of drug-likeness (QED) is 0.620. The highest BCUT2D eigenvalue weighted by Gasteiger charge is 2.51. The van der Waals surface area contributed by atoms with Gasteiger partial charge in [0.25, 0.3) is 0 Å². The van der Waals surface area contributed by atoms with Gasteiger partial charge in [0.2, 0.25) is 15.9 Å². The largest absolute Gasteiger partial charge is 0.327 e. The molecule has 4 aliphatic rings. The average molecular weight is 441 g/mol. The maximum Gasteiger partial charge on any atom is 0.327 e. The lowest BCUT2D eigenvalue weighted by atomic mass is 9.81. The molecule has 3 atom stereocenters. The molecule has 2 heterocycles. The van der Waals surface area contributed by atoms with Gasteiger partial charge in [-0.1, -0.05) is 0 Å². The van der Waals surface area contributed by atoms with Gasteiger partial charge in [-0.3, -0.25) is 14.5 Å². The third-order valence-corrected chi connectivity index (χ3v) is 9.40.